The molecule has 0 atom stereocenters. The lowest BCUT2D eigenvalue weighted by molar-refractivity contribution is 0.0979. The van der Waals surface area contributed by atoms with Crippen LogP contribution in [-0.2, 0) is 9.84 Å². The molecule has 1 aliphatic carbocycles. The molecule has 2 aromatic rings. The van der Waals surface area contributed by atoms with Crippen molar-refractivity contribution in [3.05, 3.63) is 64.7 Å². The minimum atomic E-state index is -3.84. The maximum absolute atomic E-state index is 12.6. The van der Waals surface area contributed by atoms with E-state index in [0.29, 0.717) is 5.56 Å². The fraction of sp³-hybridized carbons (Fsp3) is 0.0667. The maximum atomic E-state index is 12.6. The zero-order valence-electron chi connectivity index (χ0n) is 11.2. The molecule has 3 rings (SSSR count). The summed E-state index contributed by atoms with van der Waals surface area (Å²) in [7, 11) is -3.84. The third-order valence-corrected chi connectivity index (χ3v) is 8.83. The van der Waals surface area contributed by atoms with Crippen LogP contribution in [0, 0.1) is 0 Å². The van der Waals surface area contributed by atoms with Crippen LogP contribution in [0.3, 0.4) is 0 Å². The van der Waals surface area contributed by atoms with Crippen LogP contribution in [0.15, 0.2) is 47.4 Å². The molecule has 0 spiro atoms. The van der Waals surface area contributed by atoms with Gasteiger partial charge in [-0.15, -0.1) is 0 Å². The SMILES string of the molecule is O=C1c2ccccc2C(=O)c2cc(S(=O)(=O)C(Br)(Br)Br)ccc21. The van der Waals surface area contributed by atoms with Gasteiger partial charge in [0.25, 0.3) is 0 Å². The predicted molar refractivity (Wildman–Crippen MR) is 96.4 cm³/mol. The van der Waals surface area contributed by atoms with Crippen molar-refractivity contribution in [2.24, 2.45) is 0 Å². The van der Waals surface area contributed by atoms with Crippen molar-refractivity contribution in [1.29, 1.82) is 0 Å². The average molecular weight is 523 g/mol. The zero-order chi connectivity index (χ0) is 17.0. The molecule has 0 saturated carbocycles. The summed E-state index contributed by atoms with van der Waals surface area (Å²) in [6, 6.07) is 10.4. The van der Waals surface area contributed by atoms with Gasteiger partial charge in [0.2, 0.25) is 11.3 Å². The zero-order valence-corrected chi connectivity index (χ0v) is 16.8. The number of rotatable bonds is 1. The smallest absolute Gasteiger partial charge is 0.239 e. The summed E-state index contributed by atoms with van der Waals surface area (Å²) in [5.74, 6) is -0.654. The molecule has 0 fully saturated rings. The third-order valence-electron chi connectivity index (χ3n) is 3.51. The lowest BCUT2D eigenvalue weighted by Gasteiger charge is -2.19. The van der Waals surface area contributed by atoms with Crippen molar-refractivity contribution in [2.75, 3.05) is 0 Å². The molecule has 0 amide bonds. The highest BCUT2D eigenvalue weighted by Gasteiger charge is 2.39. The van der Waals surface area contributed by atoms with E-state index < -0.39 is 11.3 Å². The number of hydrogen-bond acceptors (Lipinski definition) is 4. The Bertz CT molecular complexity index is 959. The summed E-state index contributed by atoms with van der Waals surface area (Å²) in [4.78, 5) is 25.0. The number of carbonyl (C=O) groups excluding carboxylic acids is 2. The molecule has 1 aliphatic rings. The number of ketones is 2. The van der Waals surface area contributed by atoms with E-state index in [2.05, 4.69) is 47.8 Å². The van der Waals surface area contributed by atoms with Gasteiger partial charge in [-0.2, -0.15) is 0 Å². The monoisotopic (exact) mass is 520 g/mol. The average Bonchev–Trinajstić information content (AvgIpc) is 2.51. The topological polar surface area (TPSA) is 68.3 Å². The quantitative estimate of drug-likeness (QED) is 0.453. The summed E-state index contributed by atoms with van der Waals surface area (Å²) in [5, 5.41) is 0. The number of benzene rings is 2. The summed E-state index contributed by atoms with van der Waals surface area (Å²) in [6.07, 6.45) is 0. The summed E-state index contributed by atoms with van der Waals surface area (Å²) in [5.41, 5.74) is 0.905. The van der Waals surface area contributed by atoms with Gasteiger partial charge < -0.3 is 0 Å². The highest BCUT2D eigenvalue weighted by molar-refractivity contribution is 9.42. The van der Waals surface area contributed by atoms with Gasteiger partial charge >= 0.3 is 0 Å². The van der Waals surface area contributed by atoms with Crippen LogP contribution in [0.2, 0.25) is 0 Å². The Morgan fingerprint density at radius 2 is 1.22 bits per heavy atom. The lowest BCUT2D eigenvalue weighted by Crippen LogP contribution is -2.23. The molecule has 0 aliphatic heterocycles. The van der Waals surface area contributed by atoms with E-state index in [1.165, 1.54) is 18.2 Å². The van der Waals surface area contributed by atoms with Crippen LogP contribution in [-0.4, -0.2) is 21.5 Å². The number of fused-ring (bicyclic) bond motifs is 2. The van der Waals surface area contributed by atoms with Crippen LogP contribution < -0.4 is 0 Å². The van der Waals surface area contributed by atoms with Gasteiger partial charge in [0.1, 0.15) is 0 Å². The van der Waals surface area contributed by atoms with Gasteiger partial charge in [0.15, 0.2) is 11.6 Å². The van der Waals surface area contributed by atoms with Crippen LogP contribution in [0.1, 0.15) is 31.8 Å². The molecule has 0 bridgehead atoms. The Kier molecular flexibility index (Phi) is 4.15. The van der Waals surface area contributed by atoms with Crippen LogP contribution in [0.4, 0.5) is 0 Å². The van der Waals surface area contributed by atoms with Gasteiger partial charge in [-0.1, -0.05) is 24.3 Å². The van der Waals surface area contributed by atoms with Gasteiger partial charge in [-0.25, -0.2) is 8.42 Å². The fourth-order valence-electron chi connectivity index (χ4n) is 2.38. The molecule has 23 heavy (non-hydrogen) atoms. The van der Waals surface area contributed by atoms with Crippen molar-refractivity contribution >= 4 is 69.2 Å². The molecule has 0 unspecified atom stereocenters. The first kappa shape index (κ1) is 17.0. The van der Waals surface area contributed by atoms with Gasteiger partial charge in [-0.3, -0.25) is 9.59 Å². The second-order valence-electron chi connectivity index (χ2n) is 4.86. The van der Waals surface area contributed by atoms with E-state index >= 15 is 0 Å². The Morgan fingerprint density at radius 1 is 0.739 bits per heavy atom. The van der Waals surface area contributed by atoms with Crippen molar-refractivity contribution < 1.29 is 18.0 Å². The van der Waals surface area contributed by atoms with E-state index in [-0.39, 0.29) is 33.2 Å². The van der Waals surface area contributed by atoms with Crippen molar-refractivity contribution in [2.45, 2.75) is 6.37 Å². The van der Waals surface area contributed by atoms with Crippen LogP contribution >= 0.6 is 47.8 Å². The molecule has 0 heterocycles. The first-order valence-corrected chi connectivity index (χ1v) is 10.1. The molecule has 2 aromatic carbocycles. The maximum Gasteiger partial charge on any atom is 0.239 e. The Morgan fingerprint density at radius 3 is 1.74 bits per heavy atom. The summed E-state index contributed by atoms with van der Waals surface area (Å²) < 4.78 is 23.3. The first-order valence-electron chi connectivity index (χ1n) is 6.28. The Balaban J connectivity index is 2.23. The highest BCUT2D eigenvalue weighted by atomic mass is 80.0. The Labute approximate surface area is 157 Å². The minimum absolute atomic E-state index is 0.0811. The largest absolute Gasteiger partial charge is 0.289 e. The van der Waals surface area contributed by atoms with Gasteiger partial charge in [0, 0.05) is 22.3 Å². The number of halogens is 3. The minimum Gasteiger partial charge on any atom is -0.289 e. The summed E-state index contributed by atoms with van der Waals surface area (Å²) in [6.45, 7) is 0. The fourth-order valence-corrected chi connectivity index (χ4v) is 4.85. The predicted octanol–water partition coefficient (Wildman–Crippen LogP) is 4.03. The summed E-state index contributed by atoms with van der Waals surface area (Å²) >= 11 is 8.94. The van der Waals surface area contributed by atoms with Crippen molar-refractivity contribution in [1.82, 2.24) is 0 Å². The van der Waals surface area contributed by atoms with Crippen LogP contribution in [0.25, 0.3) is 0 Å². The molecule has 0 aromatic heterocycles. The van der Waals surface area contributed by atoms with Crippen molar-refractivity contribution in [3.8, 4) is 0 Å². The molecule has 118 valence electrons. The molecule has 8 heteroatoms. The second-order valence-corrected chi connectivity index (χ2v) is 15.3. The van der Waals surface area contributed by atoms with Gasteiger partial charge in [-0.05, 0) is 66.0 Å². The number of hydrogen-bond donors (Lipinski definition) is 0. The Hall–Kier alpha value is -0.830. The number of sulfone groups is 1. The molecular formula is C15H7Br3O4S. The van der Waals surface area contributed by atoms with Crippen molar-refractivity contribution in [3.63, 3.8) is 0 Å². The van der Waals surface area contributed by atoms with E-state index in [0.717, 1.165) is 0 Å². The molecule has 0 radical (unpaired) electrons. The van der Waals surface area contributed by atoms with E-state index in [1.807, 2.05) is 0 Å². The lowest BCUT2D eigenvalue weighted by atomic mass is 9.84. The normalized spacial score (nSPS) is 14.4. The molecule has 4 nitrogen and oxygen atoms in total. The first-order chi connectivity index (χ1) is 10.6. The third kappa shape index (κ3) is 2.65. The van der Waals surface area contributed by atoms with Gasteiger partial charge in [0.05, 0.1) is 4.90 Å². The van der Waals surface area contributed by atoms with E-state index in [9.17, 15) is 18.0 Å². The number of carbonyl (C=O) groups is 2. The van der Waals surface area contributed by atoms with E-state index in [4.69, 9.17) is 0 Å². The standard InChI is InChI=1S/C15H7Br3O4S/c16-15(17,18)23(21,22)8-5-6-11-12(7-8)14(20)10-4-2-1-3-9(10)13(11)19/h1-7H. The van der Waals surface area contributed by atoms with Crippen LogP contribution in [0.5, 0.6) is 0 Å². The molecule has 0 saturated heterocycles. The molecular weight excluding hydrogens is 516 g/mol. The second kappa shape index (κ2) is 5.61. The van der Waals surface area contributed by atoms with E-state index in [1.54, 1.807) is 24.3 Å². The molecule has 0 N–H and O–H groups in total. The highest BCUT2D eigenvalue weighted by Crippen LogP contribution is 2.43. The number of alkyl halides is 3.